The third-order valence-corrected chi connectivity index (χ3v) is 4.74. The molecule has 0 aliphatic carbocycles. The third-order valence-electron chi connectivity index (χ3n) is 3.35. The lowest BCUT2D eigenvalue weighted by molar-refractivity contribution is 0.452. The summed E-state index contributed by atoms with van der Waals surface area (Å²) in [5.41, 5.74) is 8.00. The molecule has 0 unspecified atom stereocenters. The minimum atomic E-state index is -3.65. The first-order valence-corrected chi connectivity index (χ1v) is 8.11. The Morgan fingerprint density at radius 1 is 1.33 bits per heavy atom. The highest BCUT2D eigenvalue weighted by molar-refractivity contribution is 7.89. The van der Waals surface area contributed by atoms with Gasteiger partial charge in [-0.05, 0) is 37.1 Å². The predicted molar refractivity (Wildman–Crippen MR) is 80.2 cm³/mol. The van der Waals surface area contributed by atoms with Crippen LogP contribution in [0.1, 0.15) is 29.7 Å². The van der Waals surface area contributed by atoms with Gasteiger partial charge in [0.05, 0.1) is 17.6 Å². The highest BCUT2D eigenvalue weighted by atomic mass is 32.2. The van der Waals surface area contributed by atoms with E-state index >= 15 is 0 Å². The summed E-state index contributed by atoms with van der Waals surface area (Å²) >= 11 is 0. The van der Waals surface area contributed by atoms with E-state index < -0.39 is 10.0 Å². The van der Waals surface area contributed by atoms with Crippen LogP contribution >= 0.6 is 0 Å². The van der Waals surface area contributed by atoms with Crippen LogP contribution in [0.5, 0.6) is 0 Å². The Bertz CT molecular complexity index is 728. The van der Waals surface area contributed by atoms with Gasteiger partial charge in [-0.15, -0.1) is 0 Å². The van der Waals surface area contributed by atoms with E-state index in [1.165, 1.54) is 6.07 Å². The van der Waals surface area contributed by atoms with Crippen LogP contribution in [0, 0.1) is 13.8 Å². The molecule has 2 rings (SSSR count). The predicted octanol–water partition coefficient (Wildman–Crippen LogP) is 1.91. The first-order valence-electron chi connectivity index (χ1n) is 6.63. The molecule has 1 heterocycles. The molecule has 0 spiro atoms. The summed E-state index contributed by atoms with van der Waals surface area (Å²) in [5.74, 6) is 1.06. The zero-order valence-corrected chi connectivity index (χ0v) is 13.1. The molecule has 3 N–H and O–H groups in total. The molecule has 1 aromatic heterocycles. The molecule has 6 nitrogen and oxygen atoms in total. The number of nitrogens with two attached hydrogens (primary N) is 1. The zero-order chi connectivity index (χ0) is 15.6. The van der Waals surface area contributed by atoms with E-state index in [9.17, 15) is 8.42 Å². The largest absolute Gasteiger partial charge is 0.444 e. The number of nitrogens with zero attached hydrogens (tertiary/aromatic N) is 1. The standard InChI is InChI=1S/C14H19N3O3S/c1-4-11-7-16-14(20-11)8-17-21(18,19)12-5-9(2)10(3)13(15)6-12/h5-7,17H,4,8,15H2,1-3H3. The second-order valence-corrected chi connectivity index (χ2v) is 6.62. The molecule has 0 fully saturated rings. The summed E-state index contributed by atoms with van der Waals surface area (Å²) in [4.78, 5) is 4.16. The van der Waals surface area contributed by atoms with E-state index in [-0.39, 0.29) is 11.4 Å². The summed E-state index contributed by atoms with van der Waals surface area (Å²) in [6.45, 7) is 5.63. The molecule has 0 saturated heterocycles. The Balaban J connectivity index is 2.18. The van der Waals surface area contributed by atoms with Crippen molar-refractivity contribution in [2.75, 3.05) is 5.73 Å². The molecule has 0 atom stereocenters. The summed E-state index contributed by atoms with van der Waals surface area (Å²) in [6.07, 6.45) is 2.31. The number of rotatable bonds is 5. The zero-order valence-electron chi connectivity index (χ0n) is 12.3. The van der Waals surface area contributed by atoms with Gasteiger partial charge in [0.2, 0.25) is 15.9 Å². The molecule has 7 heteroatoms. The van der Waals surface area contributed by atoms with E-state index in [1.807, 2.05) is 20.8 Å². The molecule has 2 aromatic rings. The maximum Gasteiger partial charge on any atom is 0.241 e. The SMILES string of the molecule is CCc1cnc(CNS(=O)(=O)c2cc(C)c(C)c(N)c2)o1. The second kappa shape index (κ2) is 5.87. The number of aryl methyl sites for hydroxylation is 2. The van der Waals surface area contributed by atoms with Gasteiger partial charge in [0.1, 0.15) is 5.76 Å². The summed E-state index contributed by atoms with van der Waals surface area (Å²) < 4.78 is 32.4. The minimum absolute atomic E-state index is 0.00909. The lowest BCUT2D eigenvalue weighted by Crippen LogP contribution is -2.23. The van der Waals surface area contributed by atoms with Crippen LogP contribution < -0.4 is 10.5 Å². The molecule has 0 amide bonds. The number of oxazole rings is 1. The van der Waals surface area contributed by atoms with Crippen LogP contribution in [0.2, 0.25) is 0 Å². The molecular weight excluding hydrogens is 290 g/mol. The average Bonchev–Trinajstić information content (AvgIpc) is 2.90. The minimum Gasteiger partial charge on any atom is -0.444 e. The molecule has 114 valence electrons. The van der Waals surface area contributed by atoms with E-state index in [0.29, 0.717) is 18.0 Å². The van der Waals surface area contributed by atoms with Gasteiger partial charge in [-0.2, -0.15) is 0 Å². The number of sulfonamides is 1. The van der Waals surface area contributed by atoms with Crippen molar-refractivity contribution in [1.29, 1.82) is 0 Å². The van der Waals surface area contributed by atoms with Crippen molar-refractivity contribution in [3.05, 3.63) is 41.1 Å². The Kier molecular flexibility index (Phi) is 4.34. The normalized spacial score (nSPS) is 11.8. The number of anilines is 1. The molecule has 0 radical (unpaired) electrons. The molecule has 21 heavy (non-hydrogen) atoms. The lowest BCUT2D eigenvalue weighted by Gasteiger charge is -2.10. The number of nitrogens with one attached hydrogen (secondary N) is 1. The van der Waals surface area contributed by atoms with Gasteiger partial charge in [-0.3, -0.25) is 0 Å². The van der Waals surface area contributed by atoms with Crippen LogP contribution in [-0.4, -0.2) is 13.4 Å². The Labute approximate surface area is 124 Å². The van der Waals surface area contributed by atoms with Crippen LogP contribution in [0.25, 0.3) is 0 Å². The number of aromatic nitrogens is 1. The van der Waals surface area contributed by atoms with Crippen molar-refractivity contribution in [3.63, 3.8) is 0 Å². The fraction of sp³-hybridized carbons (Fsp3) is 0.357. The summed E-state index contributed by atoms with van der Waals surface area (Å²) in [6, 6.07) is 3.05. The van der Waals surface area contributed by atoms with Crippen molar-refractivity contribution < 1.29 is 12.8 Å². The highest BCUT2D eigenvalue weighted by Crippen LogP contribution is 2.21. The fourth-order valence-electron chi connectivity index (χ4n) is 1.84. The van der Waals surface area contributed by atoms with Gasteiger partial charge >= 0.3 is 0 Å². The molecule has 0 saturated carbocycles. The van der Waals surface area contributed by atoms with E-state index in [2.05, 4.69) is 9.71 Å². The van der Waals surface area contributed by atoms with Gasteiger partial charge in [-0.25, -0.2) is 18.1 Å². The molecule has 0 bridgehead atoms. The Morgan fingerprint density at radius 3 is 2.62 bits per heavy atom. The number of benzene rings is 1. The van der Waals surface area contributed by atoms with Gasteiger partial charge in [0.25, 0.3) is 0 Å². The maximum absolute atomic E-state index is 12.3. The van der Waals surface area contributed by atoms with Gasteiger partial charge in [-0.1, -0.05) is 6.92 Å². The number of hydrogen-bond donors (Lipinski definition) is 2. The number of hydrogen-bond acceptors (Lipinski definition) is 5. The molecule has 0 aliphatic rings. The number of nitrogen functional groups attached to an aromatic ring is 1. The maximum atomic E-state index is 12.3. The first-order chi connectivity index (χ1) is 9.83. The van der Waals surface area contributed by atoms with Crippen molar-refractivity contribution in [2.45, 2.75) is 38.6 Å². The Hall–Kier alpha value is -1.86. The average molecular weight is 309 g/mol. The van der Waals surface area contributed by atoms with Crippen LogP contribution in [0.4, 0.5) is 5.69 Å². The highest BCUT2D eigenvalue weighted by Gasteiger charge is 2.17. The topological polar surface area (TPSA) is 98.2 Å². The van der Waals surface area contributed by atoms with Crippen molar-refractivity contribution in [3.8, 4) is 0 Å². The fourth-order valence-corrected chi connectivity index (χ4v) is 2.94. The van der Waals surface area contributed by atoms with Gasteiger partial charge in [0.15, 0.2) is 0 Å². The van der Waals surface area contributed by atoms with Crippen molar-refractivity contribution in [1.82, 2.24) is 9.71 Å². The summed E-state index contributed by atoms with van der Waals surface area (Å²) in [5, 5.41) is 0. The van der Waals surface area contributed by atoms with Crippen molar-refractivity contribution in [2.24, 2.45) is 0 Å². The van der Waals surface area contributed by atoms with Crippen LogP contribution in [-0.2, 0) is 23.0 Å². The molecule has 1 aromatic carbocycles. The van der Waals surface area contributed by atoms with E-state index in [4.69, 9.17) is 10.2 Å². The van der Waals surface area contributed by atoms with Crippen LogP contribution in [0.15, 0.2) is 27.6 Å². The summed E-state index contributed by atoms with van der Waals surface area (Å²) in [7, 11) is -3.65. The van der Waals surface area contributed by atoms with Gasteiger partial charge < -0.3 is 10.2 Å². The lowest BCUT2D eigenvalue weighted by atomic mass is 10.1. The first kappa shape index (κ1) is 15.5. The van der Waals surface area contributed by atoms with E-state index in [1.54, 1.807) is 12.3 Å². The smallest absolute Gasteiger partial charge is 0.241 e. The molecular formula is C14H19N3O3S. The third kappa shape index (κ3) is 3.43. The van der Waals surface area contributed by atoms with E-state index in [0.717, 1.165) is 16.9 Å². The van der Waals surface area contributed by atoms with Crippen molar-refractivity contribution >= 4 is 15.7 Å². The second-order valence-electron chi connectivity index (χ2n) is 4.85. The molecule has 0 aliphatic heterocycles. The van der Waals surface area contributed by atoms with Crippen LogP contribution in [0.3, 0.4) is 0 Å². The van der Waals surface area contributed by atoms with Gasteiger partial charge in [0, 0.05) is 12.1 Å². The quantitative estimate of drug-likeness (QED) is 0.822. The monoisotopic (exact) mass is 309 g/mol. The Morgan fingerprint density at radius 2 is 2.05 bits per heavy atom.